The number of anilines is 1. The van der Waals surface area contributed by atoms with Crippen molar-refractivity contribution in [2.75, 3.05) is 5.32 Å². The van der Waals surface area contributed by atoms with E-state index in [0.717, 1.165) is 27.7 Å². The van der Waals surface area contributed by atoms with Crippen molar-refractivity contribution in [2.24, 2.45) is 0 Å². The standard InChI is InChI=1S/C23H20N4O3S/c1-2-22(28)26-16-9-10-17-18(14-25-19(17)12-16)23(15-6-5-11-24-13-15)31-21-8-4-3-7-20(21)27(29)30/h3-14,23,25H,2H2,1H3,(H,26,28). The number of para-hydroxylation sites is 1. The number of aromatic nitrogens is 2. The molecule has 1 amide bonds. The van der Waals surface area contributed by atoms with Crippen molar-refractivity contribution in [1.29, 1.82) is 0 Å². The summed E-state index contributed by atoms with van der Waals surface area (Å²) in [6.45, 7) is 1.80. The van der Waals surface area contributed by atoms with Crippen LogP contribution in [0.2, 0.25) is 0 Å². The number of aromatic amines is 1. The van der Waals surface area contributed by atoms with Gasteiger partial charge >= 0.3 is 0 Å². The first-order chi connectivity index (χ1) is 15.1. The van der Waals surface area contributed by atoms with Gasteiger partial charge in [0.15, 0.2) is 0 Å². The number of rotatable bonds is 7. The summed E-state index contributed by atoms with van der Waals surface area (Å²) < 4.78 is 0. The fourth-order valence-corrected chi connectivity index (χ4v) is 4.64. The van der Waals surface area contributed by atoms with Crippen molar-refractivity contribution in [2.45, 2.75) is 23.5 Å². The molecule has 4 rings (SSSR count). The van der Waals surface area contributed by atoms with Gasteiger partial charge in [-0.05, 0) is 35.4 Å². The number of benzene rings is 2. The number of fused-ring (bicyclic) bond motifs is 1. The molecule has 1 unspecified atom stereocenters. The lowest BCUT2D eigenvalue weighted by Gasteiger charge is -2.17. The molecule has 8 heteroatoms. The summed E-state index contributed by atoms with van der Waals surface area (Å²) in [6, 6.07) is 16.3. The maximum Gasteiger partial charge on any atom is 0.282 e. The zero-order valence-electron chi connectivity index (χ0n) is 16.7. The number of nitrogens with one attached hydrogen (secondary N) is 2. The Labute approximate surface area is 183 Å². The third kappa shape index (κ3) is 4.44. The van der Waals surface area contributed by atoms with E-state index in [1.54, 1.807) is 37.5 Å². The fourth-order valence-electron chi connectivity index (χ4n) is 3.37. The molecule has 2 heterocycles. The number of amides is 1. The summed E-state index contributed by atoms with van der Waals surface area (Å²) in [4.78, 5) is 31.0. The van der Waals surface area contributed by atoms with Gasteiger partial charge in [0, 0.05) is 47.7 Å². The second kappa shape index (κ2) is 9.01. The normalized spacial score (nSPS) is 11.9. The first-order valence-corrected chi connectivity index (χ1v) is 10.7. The van der Waals surface area contributed by atoms with Gasteiger partial charge in [0.1, 0.15) is 0 Å². The largest absolute Gasteiger partial charge is 0.361 e. The highest BCUT2D eigenvalue weighted by atomic mass is 32.2. The van der Waals surface area contributed by atoms with E-state index in [-0.39, 0.29) is 21.8 Å². The zero-order valence-corrected chi connectivity index (χ0v) is 17.6. The number of thioether (sulfide) groups is 1. The average Bonchev–Trinajstić information content (AvgIpc) is 3.21. The molecule has 1 atom stereocenters. The highest BCUT2D eigenvalue weighted by Crippen LogP contribution is 2.45. The molecule has 0 fully saturated rings. The highest BCUT2D eigenvalue weighted by molar-refractivity contribution is 7.99. The van der Waals surface area contributed by atoms with Gasteiger partial charge in [-0.3, -0.25) is 19.9 Å². The average molecular weight is 433 g/mol. The molecule has 4 aromatic rings. The zero-order chi connectivity index (χ0) is 21.8. The van der Waals surface area contributed by atoms with Crippen LogP contribution < -0.4 is 5.32 Å². The minimum atomic E-state index is -0.361. The Morgan fingerprint density at radius 2 is 2.06 bits per heavy atom. The van der Waals surface area contributed by atoms with Crippen molar-refractivity contribution >= 4 is 39.9 Å². The topological polar surface area (TPSA) is 101 Å². The van der Waals surface area contributed by atoms with Crippen LogP contribution >= 0.6 is 11.8 Å². The Balaban J connectivity index is 1.77. The second-order valence-electron chi connectivity index (χ2n) is 6.92. The molecule has 0 saturated carbocycles. The van der Waals surface area contributed by atoms with Crippen LogP contribution in [-0.4, -0.2) is 20.8 Å². The molecule has 0 saturated heterocycles. The van der Waals surface area contributed by atoms with Crippen molar-refractivity contribution < 1.29 is 9.72 Å². The van der Waals surface area contributed by atoms with E-state index >= 15 is 0 Å². The third-order valence-electron chi connectivity index (χ3n) is 4.90. The number of nitro groups is 1. The van der Waals surface area contributed by atoms with Gasteiger partial charge in [-0.1, -0.05) is 31.2 Å². The summed E-state index contributed by atoms with van der Waals surface area (Å²) in [5, 5.41) is 15.2. The van der Waals surface area contributed by atoms with Crippen LogP contribution in [0.3, 0.4) is 0 Å². The van der Waals surface area contributed by atoms with Crippen LogP contribution in [0.25, 0.3) is 10.9 Å². The van der Waals surface area contributed by atoms with Gasteiger partial charge in [0.05, 0.1) is 15.1 Å². The molecule has 31 heavy (non-hydrogen) atoms. The SMILES string of the molecule is CCC(=O)Nc1ccc2c(C(Sc3ccccc3[N+](=O)[O-])c3cccnc3)c[nH]c2c1. The van der Waals surface area contributed by atoms with Crippen molar-refractivity contribution in [3.8, 4) is 0 Å². The van der Waals surface area contributed by atoms with Gasteiger partial charge in [-0.25, -0.2) is 0 Å². The van der Waals surface area contributed by atoms with Gasteiger partial charge in [0.2, 0.25) is 5.91 Å². The van der Waals surface area contributed by atoms with Crippen molar-refractivity contribution in [1.82, 2.24) is 9.97 Å². The van der Waals surface area contributed by atoms with Crippen LogP contribution in [0.5, 0.6) is 0 Å². The molecule has 7 nitrogen and oxygen atoms in total. The predicted octanol–water partition coefficient (Wildman–Crippen LogP) is 5.70. The molecule has 0 radical (unpaired) electrons. The molecule has 2 aromatic heterocycles. The van der Waals surface area contributed by atoms with Gasteiger partial charge in [-0.2, -0.15) is 0 Å². The molecule has 2 aromatic carbocycles. The van der Waals surface area contributed by atoms with E-state index in [4.69, 9.17) is 0 Å². The summed E-state index contributed by atoms with van der Waals surface area (Å²) in [5.74, 6) is -0.0497. The Kier molecular flexibility index (Phi) is 5.99. The molecular formula is C23H20N4O3S. The van der Waals surface area contributed by atoms with E-state index in [1.165, 1.54) is 17.8 Å². The second-order valence-corrected chi connectivity index (χ2v) is 8.06. The number of hydrogen-bond acceptors (Lipinski definition) is 5. The van der Waals surface area contributed by atoms with E-state index in [2.05, 4.69) is 15.3 Å². The number of pyridine rings is 1. The fraction of sp³-hybridized carbons (Fsp3) is 0.130. The van der Waals surface area contributed by atoms with Crippen LogP contribution in [0.1, 0.15) is 29.7 Å². The van der Waals surface area contributed by atoms with E-state index in [0.29, 0.717) is 11.3 Å². The molecule has 0 bridgehead atoms. The monoisotopic (exact) mass is 432 g/mol. The Morgan fingerprint density at radius 3 is 2.81 bits per heavy atom. The molecule has 2 N–H and O–H groups in total. The number of H-pyrrole nitrogens is 1. The first kappa shape index (κ1) is 20.6. The molecular weight excluding hydrogens is 412 g/mol. The number of carbonyl (C=O) groups excluding carboxylic acids is 1. The molecule has 0 spiro atoms. The van der Waals surface area contributed by atoms with Crippen LogP contribution in [-0.2, 0) is 4.79 Å². The Bertz CT molecular complexity index is 1240. The Hall–Kier alpha value is -3.65. The maximum absolute atomic E-state index is 11.7. The van der Waals surface area contributed by atoms with Gasteiger partial charge in [-0.15, -0.1) is 11.8 Å². The minimum Gasteiger partial charge on any atom is -0.361 e. The lowest BCUT2D eigenvalue weighted by atomic mass is 10.0. The smallest absolute Gasteiger partial charge is 0.282 e. The highest BCUT2D eigenvalue weighted by Gasteiger charge is 2.24. The third-order valence-corrected chi connectivity index (χ3v) is 6.26. The molecule has 0 aliphatic carbocycles. The number of nitro benzene ring substituents is 1. The lowest BCUT2D eigenvalue weighted by Crippen LogP contribution is -2.09. The van der Waals surface area contributed by atoms with Crippen molar-refractivity contribution in [3.63, 3.8) is 0 Å². The quantitative estimate of drug-likeness (QED) is 0.222. The first-order valence-electron chi connectivity index (χ1n) is 9.77. The molecule has 156 valence electrons. The lowest BCUT2D eigenvalue weighted by molar-refractivity contribution is -0.387. The van der Waals surface area contributed by atoms with Crippen LogP contribution in [0.4, 0.5) is 11.4 Å². The maximum atomic E-state index is 11.7. The van der Waals surface area contributed by atoms with Gasteiger partial charge < -0.3 is 10.3 Å². The number of carbonyl (C=O) groups is 1. The van der Waals surface area contributed by atoms with E-state index in [1.807, 2.05) is 36.5 Å². The summed E-state index contributed by atoms with van der Waals surface area (Å²) in [5.41, 5.74) is 3.60. The van der Waals surface area contributed by atoms with E-state index in [9.17, 15) is 14.9 Å². The summed E-state index contributed by atoms with van der Waals surface area (Å²) >= 11 is 1.42. The summed E-state index contributed by atoms with van der Waals surface area (Å²) in [6.07, 6.45) is 5.80. The number of hydrogen-bond donors (Lipinski definition) is 2. The Morgan fingerprint density at radius 1 is 1.23 bits per heavy atom. The van der Waals surface area contributed by atoms with Crippen LogP contribution in [0.15, 0.2) is 78.1 Å². The number of nitrogens with zero attached hydrogens (tertiary/aromatic N) is 2. The summed E-state index contributed by atoms with van der Waals surface area (Å²) in [7, 11) is 0. The predicted molar refractivity (Wildman–Crippen MR) is 122 cm³/mol. The minimum absolute atomic E-state index is 0.0497. The van der Waals surface area contributed by atoms with Crippen LogP contribution in [0, 0.1) is 10.1 Å². The van der Waals surface area contributed by atoms with E-state index < -0.39 is 0 Å². The molecule has 0 aliphatic heterocycles. The molecule has 0 aliphatic rings. The van der Waals surface area contributed by atoms with Crippen molar-refractivity contribution in [3.05, 3.63) is 94.4 Å². The van der Waals surface area contributed by atoms with Gasteiger partial charge in [0.25, 0.3) is 5.69 Å².